The van der Waals surface area contributed by atoms with Crippen LogP contribution < -0.4 is 15.8 Å². The van der Waals surface area contributed by atoms with Gasteiger partial charge in [0.1, 0.15) is 5.75 Å². The second-order valence-corrected chi connectivity index (χ2v) is 5.47. The van der Waals surface area contributed by atoms with Gasteiger partial charge in [-0.1, -0.05) is 37.7 Å². The standard InChI is InChI=1S/C15H22N2OS/c1-2-3-10-18-12-6-4-11(5-7-12)13-8-9-17-14(13)15(16)19/h4-7,13-14,17H,2-3,8-10H2,1H3,(H2,16,19)/t13?,14-/m0/s1. The summed E-state index contributed by atoms with van der Waals surface area (Å²) in [6, 6.07) is 8.47. The van der Waals surface area contributed by atoms with Crippen molar-refractivity contribution in [2.24, 2.45) is 5.73 Å². The van der Waals surface area contributed by atoms with Crippen molar-refractivity contribution in [1.29, 1.82) is 0 Å². The third-order valence-electron chi connectivity index (χ3n) is 3.60. The van der Waals surface area contributed by atoms with E-state index in [-0.39, 0.29) is 6.04 Å². The Bertz CT molecular complexity index is 419. The maximum absolute atomic E-state index is 5.78. The zero-order valence-corrected chi connectivity index (χ0v) is 12.2. The molecule has 3 nitrogen and oxygen atoms in total. The molecule has 3 N–H and O–H groups in total. The van der Waals surface area contributed by atoms with Crippen LogP contribution in [0, 0.1) is 0 Å². The van der Waals surface area contributed by atoms with Gasteiger partial charge in [0.15, 0.2) is 0 Å². The summed E-state index contributed by atoms with van der Waals surface area (Å²) < 4.78 is 5.67. The lowest BCUT2D eigenvalue weighted by molar-refractivity contribution is 0.309. The average Bonchev–Trinajstić information content (AvgIpc) is 2.89. The van der Waals surface area contributed by atoms with E-state index in [1.807, 2.05) is 12.1 Å². The van der Waals surface area contributed by atoms with E-state index in [0.29, 0.717) is 10.9 Å². The lowest BCUT2D eigenvalue weighted by Gasteiger charge is -2.19. The molecule has 0 aromatic heterocycles. The summed E-state index contributed by atoms with van der Waals surface area (Å²) in [5.41, 5.74) is 7.06. The lowest BCUT2D eigenvalue weighted by atomic mass is 9.92. The van der Waals surface area contributed by atoms with Crippen LogP contribution in [0.15, 0.2) is 24.3 Å². The highest BCUT2D eigenvalue weighted by Gasteiger charge is 2.29. The molecule has 0 aliphatic carbocycles. The van der Waals surface area contributed by atoms with Crippen LogP contribution in [-0.4, -0.2) is 24.2 Å². The van der Waals surface area contributed by atoms with Crippen molar-refractivity contribution in [2.45, 2.75) is 38.1 Å². The van der Waals surface area contributed by atoms with Crippen LogP contribution in [0.1, 0.15) is 37.7 Å². The summed E-state index contributed by atoms with van der Waals surface area (Å²) in [5, 5.41) is 3.36. The highest BCUT2D eigenvalue weighted by Crippen LogP contribution is 2.29. The minimum atomic E-state index is 0.127. The topological polar surface area (TPSA) is 47.3 Å². The summed E-state index contributed by atoms with van der Waals surface area (Å²) in [4.78, 5) is 0.561. The van der Waals surface area contributed by atoms with E-state index in [2.05, 4.69) is 24.4 Å². The largest absolute Gasteiger partial charge is 0.494 e. The number of hydrogen-bond donors (Lipinski definition) is 2. The molecular formula is C15H22N2OS. The highest BCUT2D eigenvalue weighted by atomic mass is 32.1. The van der Waals surface area contributed by atoms with Gasteiger partial charge in [0, 0.05) is 5.92 Å². The van der Waals surface area contributed by atoms with Crippen molar-refractivity contribution >= 4 is 17.2 Å². The normalized spacial score (nSPS) is 22.4. The SMILES string of the molecule is CCCCOc1ccc(C2CCN[C@@H]2C(N)=S)cc1. The van der Waals surface area contributed by atoms with Gasteiger partial charge < -0.3 is 15.8 Å². The Kier molecular flexibility index (Phi) is 5.16. The first-order valence-corrected chi connectivity index (χ1v) is 7.38. The van der Waals surface area contributed by atoms with Crippen LogP contribution in [-0.2, 0) is 0 Å². The van der Waals surface area contributed by atoms with Crippen molar-refractivity contribution in [3.8, 4) is 5.75 Å². The molecule has 2 rings (SSSR count). The molecular weight excluding hydrogens is 256 g/mol. The minimum Gasteiger partial charge on any atom is -0.494 e. The number of unbranched alkanes of at least 4 members (excludes halogenated alkanes) is 1. The molecule has 0 spiro atoms. The molecule has 1 saturated heterocycles. The molecule has 4 heteroatoms. The second-order valence-electron chi connectivity index (χ2n) is 5.00. The molecule has 0 radical (unpaired) electrons. The third kappa shape index (κ3) is 3.67. The van der Waals surface area contributed by atoms with Crippen molar-refractivity contribution in [3.05, 3.63) is 29.8 Å². The molecule has 1 aromatic rings. The van der Waals surface area contributed by atoms with E-state index in [4.69, 9.17) is 22.7 Å². The Morgan fingerprint density at radius 2 is 2.16 bits per heavy atom. The fourth-order valence-corrected chi connectivity index (χ4v) is 2.75. The number of nitrogens with two attached hydrogens (primary N) is 1. The van der Waals surface area contributed by atoms with Gasteiger partial charge in [0.05, 0.1) is 17.6 Å². The number of hydrogen-bond acceptors (Lipinski definition) is 3. The number of ether oxygens (including phenoxy) is 1. The minimum absolute atomic E-state index is 0.127. The van der Waals surface area contributed by atoms with Gasteiger partial charge in [-0.05, 0) is 37.1 Å². The average molecular weight is 278 g/mol. The van der Waals surface area contributed by atoms with Crippen LogP contribution in [0.4, 0.5) is 0 Å². The Morgan fingerprint density at radius 3 is 2.79 bits per heavy atom. The van der Waals surface area contributed by atoms with Crippen molar-refractivity contribution in [1.82, 2.24) is 5.32 Å². The molecule has 0 bridgehead atoms. The van der Waals surface area contributed by atoms with Gasteiger partial charge in [-0.2, -0.15) is 0 Å². The Labute approximate surface area is 120 Å². The van der Waals surface area contributed by atoms with Gasteiger partial charge in [0.25, 0.3) is 0 Å². The first-order chi connectivity index (χ1) is 9.22. The third-order valence-corrected chi connectivity index (χ3v) is 3.86. The zero-order valence-electron chi connectivity index (χ0n) is 11.4. The predicted octanol–water partition coefficient (Wildman–Crippen LogP) is 2.60. The lowest BCUT2D eigenvalue weighted by Crippen LogP contribution is -2.38. The van der Waals surface area contributed by atoms with Crippen LogP contribution in [0.2, 0.25) is 0 Å². The molecule has 19 heavy (non-hydrogen) atoms. The summed E-state index contributed by atoms with van der Waals surface area (Å²) in [5.74, 6) is 1.33. The predicted molar refractivity (Wildman–Crippen MR) is 82.8 cm³/mol. The monoisotopic (exact) mass is 278 g/mol. The van der Waals surface area contributed by atoms with Gasteiger partial charge in [0.2, 0.25) is 0 Å². The van der Waals surface area contributed by atoms with Crippen LogP contribution in [0.3, 0.4) is 0 Å². The van der Waals surface area contributed by atoms with Crippen LogP contribution in [0.25, 0.3) is 0 Å². The first kappa shape index (κ1) is 14.3. The molecule has 1 aliphatic heterocycles. The van der Waals surface area contributed by atoms with E-state index in [0.717, 1.165) is 38.2 Å². The number of benzene rings is 1. The smallest absolute Gasteiger partial charge is 0.119 e. The number of nitrogens with one attached hydrogen (secondary N) is 1. The molecule has 2 atom stereocenters. The molecule has 1 fully saturated rings. The Hall–Kier alpha value is -1.13. The second kappa shape index (κ2) is 6.87. The molecule has 1 aromatic carbocycles. The van der Waals surface area contributed by atoms with Gasteiger partial charge >= 0.3 is 0 Å². The molecule has 0 saturated carbocycles. The fourth-order valence-electron chi connectivity index (χ4n) is 2.51. The molecule has 1 heterocycles. The Morgan fingerprint density at radius 1 is 1.42 bits per heavy atom. The van der Waals surface area contributed by atoms with E-state index in [1.54, 1.807) is 0 Å². The summed E-state index contributed by atoms with van der Waals surface area (Å²) in [7, 11) is 0. The molecule has 0 amide bonds. The first-order valence-electron chi connectivity index (χ1n) is 6.98. The summed E-state index contributed by atoms with van der Waals surface area (Å²) in [6.45, 7) is 3.92. The number of rotatable bonds is 6. The van der Waals surface area contributed by atoms with Gasteiger partial charge in [-0.25, -0.2) is 0 Å². The van der Waals surface area contributed by atoms with E-state index < -0.39 is 0 Å². The summed E-state index contributed by atoms with van der Waals surface area (Å²) in [6.07, 6.45) is 3.33. The van der Waals surface area contributed by atoms with Gasteiger partial charge in [-0.3, -0.25) is 0 Å². The van der Waals surface area contributed by atoms with E-state index in [9.17, 15) is 0 Å². The molecule has 1 aliphatic rings. The van der Waals surface area contributed by atoms with Crippen LogP contribution in [0.5, 0.6) is 5.75 Å². The quantitative estimate of drug-likeness (QED) is 0.620. The fraction of sp³-hybridized carbons (Fsp3) is 0.533. The maximum atomic E-state index is 5.78. The van der Waals surface area contributed by atoms with Gasteiger partial charge in [-0.15, -0.1) is 0 Å². The maximum Gasteiger partial charge on any atom is 0.119 e. The molecule has 1 unspecified atom stereocenters. The van der Waals surface area contributed by atoms with E-state index in [1.165, 1.54) is 5.56 Å². The highest BCUT2D eigenvalue weighted by molar-refractivity contribution is 7.80. The summed E-state index contributed by atoms with van der Waals surface area (Å²) >= 11 is 5.12. The molecule has 104 valence electrons. The van der Waals surface area contributed by atoms with Crippen molar-refractivity contribution in [3.63, 3.8) is 0 Å². The van der Waals surface area contributed by atoms with Crippen molar-refractivity contribution in [2.75, 3.05) is 13.2 Å². The van der Waals surface area contributed by atoms with Crippen LogP contribution >= 0.6 is 12.2 Å². The zero-order chi connectivity index (χ0) is 13.7. The van der Waals surface area contributed by atoms with E-state index >= 15 is 0 Å². The van der Waals surface area contributed by atoms with Crippen molar-refractivity contribution < 1.29 is 4.74 Å². The number of thiocarbonyl (C=S) groups is 1. The Balaban J connectivity index is 1.99.